The van der Waals surface area contributed by atoms with E-state index in [-0.39, 0.29) is 11.5 Å². The Morgan fingerprint density at radius 2 is 2.05 bits per heavy atom. The van der Waals surface area contributed by atoms with E-state index in [4.69, 9.17) is 0 Å². The summed E-state index contributed by atoms with van der Waals surface area (Å²) in [6, 6.07) is -0.505. The third-order valence-electron chi connectivity index (χ3n) is 3.27. The molecule has 0 aliphatic carbocycles. The summed E-state index contributed by atoms with van der Waals surface area (Å²) in [5.74, 6) is 0.0568. The van der Waals surface area contributed by atoms with E-state index in [2.05, 4.69) is 10.0 Å². The van der Waals surface area contributed by atoms with Crippen LogP contribution in [0.25, 0.3) is 0 Å². The minimum Gasteiger partial charge on any atom is -0.317 e. The van der Waals surface area contributed by atoms with Gasteiger partial charge in [0, 0.05) is 19.6 Å². The zero-order chi connectivity index (χ0) is 15.2. The van der Waals surface area contributed by atoms with E-state index in [1.807, 2.05) is 6.92 Å². The molecular formula is C11H25N3O4S2. The monoisotopic (exact) mass is 327 g/mol. The summed E-state index contributed by atoms with van der Waals surface area (Å²) in [4.78, 5) is 0. The molecule has 1 aliphatic heterocycles. The first-order chi connectivity index (χ1) is 9.27. The molecule has 0 aromatic rings. The Kier molecular flexibility index (Phi) is 6.86. The molecule has 9 heteroatoms. The van der Waals surface area contributed by atoms with Gasteiger partial charge in [0.1, 0.15) is 0 Å². The van der Waals surface area contributed by atoms with Gasteiger partial charge >= 0.3 is 0 Å². The van der Waals surface area contributed by atoms with Gasteiger partial charge in [0.15, 0.2) is 9.84 Å². The van der Waals surface area contributed by atoms with Crippen LogP contribution in [-0.4, -0.2) is 65.4 Å². The maximum absolute atomic E-state index is 12.1. The maximum atomic E-state index is 12.1. The molecule has 20 heavy (non-hydrogen) atoms. The van der Waals surface area contributed by atoms with Gasteiger partial charge < -0.3 is 5.32 Å². The summed E-state index contributed by atoms with van der Waals surface area (Å²) >= 11 is 0. The quantitative estimate of drug-likeness (QED) is 0.577. The fourth-order valence-corrected chi connectivity index (χ4v) is 5.05. The molecule has 1 fully saturated rings. The molecule has 0 amide bonds. The maximum Gasteiger partial charge on any atom is 0.279 e. The SMILES string of the molecule is CCNCCCN(C)S(=O)(=O)NC1CCCS(=O)(=O)C1. The van der Waals surface area contributed by atoms with E-state index in [1.165, 1.54) is 11.4 Å². The van der Waals surface area contributed by atoms with E-state index in [0.29, 0.717) is 25.8 Å². The Labute approximate surface area is 122 Å². The van der Waals surface area contributed by atoms with Crippen LogP contribution < -0.4 is 10.0 Å². The van der Waals surface area contributed by atoms with E-state index >= 15 is 0 Å². The molecule has 7 nitrogen and oxygen atoms in total. The molecule has 1 heterocycles. The predicted molar refractivity (Wildman–Crippen MR) is 79.5 cm³/mol. The van der Waals surface area contributed by atoms with E-state index in [9.17, 15) is 16.8 Å². The number of sulfone groups is 1. The molecule has 0 aromatic carbocycles. The molecule has 2 N–H and O–H groups in total. The van der Waals surface area contributed by atoms with Gasteiger partial charge in [0.2, 0.25) is 0 Å². The van der Waals surface area contributed by atoms with Crippen molar-refractivity contribution >= 4 is 20.0 Å². The molecule has 1 aliphatic rings. The van der Waals surface area contributed by atoms with Gasteiger partial charge in [-0.05, 0) is 32.4 Å². The summed E-state index contributed by atoms with van der Waals surface area (Å²) in [6.45, 7) is 4.01. The van der Waals surface area contributed by atoms with Crippen molar-refractivity contribution in [3.8, 4) is 0 Å². The summed E-state index contributed by atoms with van der Waals surface area (Å²) in [6.07, 6.45) is 1.80. The number of nitrogens with zero attached hydrogens (tertiary/aromatic N) is 1. The lowest BCUT2D eigenvalue weighted by Crippen LogP contribution is -2.48. The van der Waals surface area contributed by atoms with E-state index in [0.717, 1.165) is 13.1 Å². The van der Waals surface area contributed by atoms with Gasteiger partial charge in [-0.3, -0.25) is 0 Å². The minimum atomic E-state index is -3.61. The van der Waals surface area contributed by atoms with Crippen LogP contribution in [0, 0.1) is 0 Å². The standard InChI is InChI=1S/C11H25N3O4S2/c1-3-12-7-5-8-14(2)20(17,18)13-11-6-4-9-19(15,16)10-11/h11-13H,3-10H2,1-2H3. The molecule has 0 spiro atoms. The third kappa shape index (κ3) is 6.04. The molecule has 0 bridgehead atoms. The van der Waals surface area contributed by atoms with Crippen LogP contribution in [0.2, 0.25) is 0 Å². The van der Waals surface area contributed by atoms with Crippen LogP contribution in [0.3, 0.4) is 0 Å². The van der Waals surface area contributed by atoms with Gasteiger partial charge in [0.25, 0.3) is 10.2 Å². The van der Waals surface area contributed by atoms with Crippen LogP contribution in [0.15, 0.2) is 0 Å². The van der Waals surface area contributed by atoms with Crippen molar-refractivity contribution in [3.63, 3.8) is 0 Å². The average molecular weight is 327 g/mol. The van der Waals surface area contributed by atoms with Crippen LogP contribution >= 0.6 is 0 Å². The van der Waals surface area contributed by atoms with Crippen LogP contribution in [0.1, 0.15) is 26.2 Å². The second-order valence-corrected chi connectivity index (χ2v) is 9.14. The van der Waals surface area contributed by atoms with Gasteiger partial charge in [0.05, 0.1) is 11.5 Å². The van der Waals surface area contributed by atoms with Gasteiger partial charge in [-0.15, -0.1) is 0 Å². The Bertz CT molecular complexity index is 490. The lowest BCUT2D eigenvalue weighted by atomic mass is 10.2. The van der Waals surface area contributed by atoms with Gasteiger partial charge in [-0.2, -0.15) is 17.4 Å². The number of nitrogens with one attached hydrogen (secondary N) is 2. The molecule has 1 unspecified atom stereocenters. The molecule has 1 atom stereocenters. The molecule has 0 aromatic heterocycles. The van der Waals surface area contributed by atoms with Crippen molar-refractivity contribution in [2.75, 3.05) is 38.2 Å². The van der Waals surface area contributed by atoms with Crippen molar-refractivity contribution in [2.45, 2.75) is 32.2 Å². The molecule has 120 valence electrons. The first kappa shape index (κ1) is 17.8. The highest BCUT2D eigenvalue weighted by molar-refractivity contribution is 7.91. The number of hydrogen-bond donors (Lipinski definition) is 2. The number of hydrogen-bond acceptors (Lipinski definition) is 5. The van der Waals surface area contributed by atoms with Gasteiger partial charge in [-0.25, -0.2) is 8.42 Å². The highest BCUT2D eigenvalue weighted by atomic mass is 32.2. The largest absolute Gasteiger partial charge is 0.317 e. The van der Waals surface area contributed by atoms with Crippen molar-refractivity contribution in [3.05, 3.63) is 0 Å². The Morgan fingerprint density at radius 3 is 2.65 bits per heavy atom. The summed E-state index contributed by atoms with van der Waals surface area (Å²) in [5.41, 5.74) is 0. The van der Waals surface area contributed by atoms with E-state index in [1.54, 1.807) is 0 Å². The molecule has 0 saturated carbocycles. The molecular weight excluding hydrogens is 302 g/mol. The van der Waals surface area contributed by atoms with Crippen LogP contribution in [0.5, 0.6) is 0 Å². The lowest BCUT2D eigenvalue weighted by molar-refractivity contribution is 0.432. The second kappa shape index (κ2) is 7.69. The number of rotatable bonds is 8. The Morgan fingerprint density at radius 1 is 1.35 bits per heavy atom. The Balaban J connectivity index is 2.47. The van der Waals surface area contributed by atoms with E-state index < -0.39 is 26.1 Å². The summed E-state index contributed by atoms with van der Waals surface area (Å²) < 4.78 is 50.9. The van der Waals surface area contributed by atoms with Gasteiger partial charge in [-0.1, -0.05) is 6.92 Å². The highest BCUT2D eigenvalue weighted by Gasteiger charge is 2.29. The predicted octanol–water partition coefficient (Wildman–Crippen LogP) is -0.671. The summed E-state index contributed by atoms with van der Waals surface area (Å²) in [7, 11) is -5.21. The van der Waals surface area contributed by atoms with Crippen molar-refractivity contribution in [1.29, 1.82) is 0 Å². The zero-order valence-electron chi connectivity index (χ0n) is 12.1. The fourth-order valence-electron chi connectivity index (χ4n) is 2.14. The summed E-state index contributed by atoms with van der Waals surface area (Å²) in [5, 5.41) is 3.13. The normalized spacial score (nSPS) is 23.1. The average Bonchev–Trinajstić information content (AvgIpc) is 2.32. The smallest absolute Gasteiger partial charge is 0.279 e. The van der Waals surface area contributed by atoms with Crippen LogP contribution in [-0.2, 0) is 20.0 Å². The Hall–Kier alpha value is -0.220. The minimum absolute atomic E-state index is 0.0997. The molecule has 0 radical (unpaired) electrons. The lowest BCUT2D eigenvalue weighted by Gasteiger charge is -2.25. The first-order valence-corrected chi connectivity index (χ1v) is 10.2. The third-order valence-corrected chi connectivity index (χ3v) is 6.72. The topological polar surface area (TPSA) is 95.6 Å². The zero-order valence-corrected chi connectivity index (χ0v) is 13.8. The second-order valence-electron chi connectivity index (χ2n) is 5.11. The highest BCUT2D eigenvalue weighted by Crippen LogP contribution is 2.13. The fraction of sp³-hybridized carbons (Fsp3) is 1.00. The van der Waals surface area contributed by atoms with Crippen molar-refractivity contribution in [2.24, 2.45) is 0 Å². The molecule has 1 saturated heterocycles. The van der Waals surface area contributed by atoms with Crippen LogP contribution in [0.4, 0.5) is 0 Å². The van der Waals surface area contributed by atoms with Crippen molar-refractivity contribution < 1.29 is 16.8 Å². The molecule has 1 rings (SSSR count). The first-order valence-electron chi connectivity index (χ1n) is 6.91. The van der Waals surface area contributed by atoms with Crippen molar-refractivity contribution in [1.82, 2.24) is 14.3 Å².